The number of hydroxylamine groups is 1. The largest absolute Gasteiger partial charge is 0.355 e. The number of aromatic nitrogens is 2. The van der Waals surface area contributed by atoms with E-state index >= 15 is 0 Å². The average molecular weight is 539 g/mol. The number of likely N-dealkylation sites (tertiary alicyclic amines) is 1. The van der Waals surface area contributed by atoms with Gasteiger partial charge in [-0.2, -0.15) is 0 Å². The summed E-state index contributed by atoms with van der Waals surface area (Å²) < 4.78 is 1.09. The van der Waals surface area contributed by atoms with E-state index < -0.39 is 17.7 Å². The molecule has 38 heavy (non-hydrogen) atoms. The van der Waals surface area contributed by atoms with Crippen molar-refractivity contribution in [2.24, 2.45) is 5.92 Å². The van der Waals surface area contributed by atoms with E-state index in [4.69, 9.17) is 9.82 Å². The maximum Gasteiger partial charge on any atom is 0.355 e. The molecule has 1 N–H and O–H groups in total. The highest BCUT2D eigenvalue weighted by Crippen LogP contribution is 2.36. The van der Waals surface area contributed by atoms with Gasteiger partial charge in [0.05, 0.1) is 33.9 Å². The summed E-state index contributed by atoms with van der Waals surface area (Å²) in [7, 11) is 5.32. The summed E-state index contributed by atoms with van der Waals surface area (Å²) in [5, 5.41) is 1.65. The van der Waals surface area contributed by atoms with Gasteiger partial charge in [0.15, 0.2) is 0 Å². The van der Waals surface area contributed by atoms with E-state index in [1.54, 1.807) is 28.4 Å². The molecule has 2 aromatic heterocycles. The molecular formula is C27H34N6O4S. The monoisotopic (exact) mass is 538 g/mol. The number of hydrogen-bond acceptors (Lipinski definition) is 8. The summed E-state index contributed by atoms with van der Waals surface area (Å²) >= 11 is 1.69. The summed E-state index contributed by atoms with van der Waals surface area (Å²) in [6, 6.07) is 8.96. The highest BCUT2D eigenvalue weighted by Gasteiger charge is 2.37. The number of amides is 3. The van der Waals surface area contributed by atoms with Crippen molar-refractivity contribution in [2.75, 3.05) is 34.3 Å². The molecule has 10 nitrogen and oxygen atoms in total. The smallest absolute Gasteiger partial charge is 0.327 e. The van der Waals surface area contributed by atoms with Crippen molar-refractivity contribution in [3.05, 3.63) is 58.9 Å². The second-order valence-corrected chi connectivity index (χ2v) is 11.1. The Hall–Kier alpha value is -3.41. The molecule has 1 saturated heterocycles. The number of benzene rings is 1. The molecule has 202 valence electrons. The Morgan fingerprint density at radius 2 is 2.03 bits per heavy atom. The zero-order valence-corrected chi connectivity index (χ0v) is 23.2. The van der Waals surface area contributed by atoms with Crippen LogP contribution in [0.1, 0.15) is 59.6 Å². The number of rotatable bonds is 6. The molecule has 4 rings (SSSR count). The number of nitrogens with zero attached hydrogens (tertiary/aromatic N) is 5. The van der Waals surface area contributed by atoms with Crippen LogP contribution in [0.3, 0.4) is 0 Å². The highest BCUT2D eigenvalue weighted by atomic mass is 32.1. The zero-order chi connectivity index (χ0) is 27.4. The van der Waals surface area contributed by atoms with E-state index in [0.717, 1.165) is 40.2 Å². The van der Waals surface area contributed by atoms with Crippen molar-refractivity contribution >= 4 is 39.3 Å². The van der Waals surface area contributed by atoms with Gasteiger partial charge in [-0.1, -0.05) is 19.9 Å². The minimum atomic E-state index is -0.974. The molecule has 3 aromatic rings. The lowest BCUT2D eigenvalue weighted by atomic mass is 9.89. The van der Waals surface area contributed by atoms with E-state index in [-0.39, 0.29) is 17.5 Å². The Kier molecular flexibility index (Phi) is 8.70. The molecule has 0 radical (unpaired) electrons. The molecule has 0 unspecified atom stereocenters. The molecule has 3 heterocycles. The maximum absolute atomic E-state index is 13.5. The lowest BCUT2D eigenvalue weighted by Gasteiger charge is -2.39. The Morgan fingerprint density at radius 3 is 2.71 bits per heavy atom. The van der Waals surface area contributed by atoms with Gasteiger partial charge in [-0.3, -0.25) is 24.2 Å². The van der Waals surface area contributed by atoms with Gasteiger partial charge in [0.2, 0.25) is 0 Å². The molecule has 0 spiro atoms. The Balaban J connectivity index is 1.55. The van der Waals surface area contributed by atoms with Crippen LogP contribution in [0.4, 0.5) is 0 Å². The highest BCUT2D eigenvalue weighted by molar-refractivity contribution is 7.18. The Morgan fingerprint density at radius 1 is 1.24 bits per heavy atom. The van der Waals surface area contributed by atoms with Crippen molar-refractivity contribution in [2.45, 2.75) is 38.6 Å². The van der Waals surface area contributed by atoms with Gasteiger partial charge in [0, 0.05) is 31.4 Å². The number of likely N-dealkylation sites (N-methyl/N-ethyl adjacent to an activating group) is 1. The number of nitrogens with one attached hydrogen (secondary N) is 1. The van der Waals surface area contributed by atoms with E-state index in [0.29, 0.717) is 17.6 Å². The summed E-state index contributed by atoms with van der Waals surface area (Å²) in [6.07, 6.45) is 4.54. The van der Waals surface area contributed by atoms with Crippen LogP contribution in [0.5, 0.6) is 0 Å². The van der Waals surface area contributed by atoms with Crippen molar-refractivity contribution in [1.29, 1.82) is 0 Å². The molecule has 1 aliphatic rings. The number of hydrazine groups is 1. The van der Waals surface area contributed by atoms with Gasteiger partial charge in [0.1, 0.15) is 0 Å². The Labute approximate surface area is 226 Å². The fraction of sp³-hybridized carbons (Fsp3) is 0.444. The van der Waals surface area contributed by atoms with Crippen LogP contribution in [0.25, 0.3) is 10.2 Å². The number of fused-ring (bicyclic) bond motifs is 1. The molecule has 1 aliphatic heterocycles. The van der Waals surface area contributed by atoms with Gasteiger partial charge < -0.3 is 9.80 Å². The third kappa shape index (κ3) is 6.17. The van der Waals surface area contributed by atoms with Gasteiger partial charge in [-0.15, -0.1) is 16.5 Å². The predicted molar refractivity (Wildman–Crippen MR) is 145 cm³/mol. The predicted octanol–water partition coefficient (Wildman–Crippen LogP) is 3.39. The minimum Gasteiger partial charge on any atom is -0.327 e. The third-order valence-electron chi connectivity index (χ3n) is 6.63. The van der Waals surface area contributed by atoms with Crippen LogP contribution < -0.4 is 5.43 Å². The van der Waals surface area contributed by atoms with Crippen LogP contribution >= 0.6 is 11.3 Å². The first-order valence-electron chi connectivity index (χ1n) is 12.6. The van der Waals surface area contributed by atoms with Crippen LogP contribution in [0.15, 0.2) is 42.7 Å². The topological polar surface area (TPSA) is 108 Å². The number of pyridine rings is 1. The second-order valence-electron chi connectivity index (χ2n) is 10.1. The fourth-order valence-corrected chi connectivity index (χ4v) is 5.76. The van der Waals surface area contributed by atoms with Crippen LogP contribution in [0.2, 0.25) is 0 Å². The van der Waals surface area contributed by atoms with E-state index in [1.165, 1.54) is 19.5 Å². The average Bonchev–Trinajstić information content (AvgIpc) is 3.34. The van der Waals surface area contributed by atoms with Crippen LogP contribution in [-0.4, -0.2) is 77.0 Å². The SMILES string of the molecule is CON(NC(=O)c1cccnc1)C(=O)C(=O)N1C[C@@H](C)CC[C@@H]1c1ccc2sc([C@H](C)CN(C)C)nc2c1. The first-order valence-corrected chi connectivity index (χ1v) is 13.4. The lowest BCUT2D eigenvalue weighted by Crippen LogP contribution is -2.54. The standard InChI is InChI=1S/C27H34N6O4S/c1-17-8-10-22(19-9-11-23-21(13-19)29-25(38-23)18(2)16-31(3)4)32(15-17)26(35)27(36)33(37-5)30-24(34)20-7-6-12-28-14-20/h6-7,9,11-14,17-18,22H,8,10,15-16H2,1-5H3,(H,30,34)/t17-,18+,22+/m0/s1. The van der Waals surface area contributed by atoms with Crippen molar-refractivity contribution in [3.63, 3.8) is 0 Å². The second kappa shape index (κ2) is 12.0. The number of thiazole rings is 1. The molecule has 1 aromatic carbocycles. The van der Waals surface area contributed by atoms with Crippen LogP contribution in [-0.2, 0) is 14.4 Å². The summed E-state index contributed by atoms with van der Waals surface area (Å²) in [4.78, 5) is 56.8. The number of hydrogen-bond donors (Lipinski definition) is 1. The molecule has 1 fully saturated rings. The molecule has 11 heteroatoms. The molecule has 0 aliphatic carbocycles. The van der Waals surface area contributed by atoms with Gasteiger partial charge in [-0.05, 0) is 62.7 Å². The number of carbonyl (C=O) groups excluding carboxylic acids is 3. The maximum atomic E-state index is 13.5. The van der Waals surface area contributed by atoms with Gasteiger partial charge in [-0.25, -0.2) is 10.4 Å². The summed E-state index contributed by atoms with van der Waals surface area (Å²) in [6.45, 7) is 5.55. The summed E-state index contributed by atoms with van der Waals surface area (Å²) in [5.41, 5.74) is 4.41. The third-order valence-corrected chi connectivity index (χ3v) is 7.90. The Bertz CT molecular complexity index is 1300. The first kappa shape index (κ1) is 27.6. The zero-order valence-electron chi connectivity index (χ0n) is 22.4. The molecule has 0 saturated carbocycles. The lowest BCUT2D eigenvalue weighted by molar-refractivity contribution is -0.194. The molecule has 0 bridgehead atoms. The summed E-state index contributed by atoms with van der Waals surface area (Å²) in [5.74, 6) is -1.80. The van der Waals surface area contributed by atoms with Crippen LogP contribution in [0, 0.1) is 5.92 Å². The van der Waals surface area contributed by atoms with Crippen molar-refractivity contribution in [1.82, 2.24) is 30.4 Å². The number of piperidine rings is 1. The van der Waals surface area contributed by atoms with Gasteiger partial charge >= 0.3 is 11.8 Å². The minimum absolute atomic E-state index is 0.227. The fourth-order valence-electron chi connectivity index (χ4n) is 4.77. The quantitative estimate of drug-likeness (QED) is 0.379. The molecular weight excluding hydrogens is 504 g/mol. The molecule has 3 amide bonds. The van der Waals surface area contributed by atoms with E-state index in [1.807, 2.05) is 32.3 Å². The molecule has 3 atom stereocenters. The van der Waals surface area contributed by atoms with Crippen molar-refractivity contribution < 1.29 is 19.2 Å². The van der Waals surface area contributed by atoms with Gasteiger partial charge in [0.25, 0.3) is 5.91 Å². The van der Waals surface area contributed by atoms with E-state index in [2.05, 4.69) is 29.2 Å². The normalized spacial score (nSPS) is 18.4. The number of carbonyl (C=O) groups is 3. The first-order chi connectivity index (χ1) is 18.2. The van der Waals surface area contributed by atoms with E-state index in [9.17, 15) is 14.4 Å². The van der Waals surface area contributed by atoms with Crippen molar-refractivity contribution in [3.8, 4) is 0 Å².